The number of fused-ring (bicyclic) bond motifs is 1. The van der Waals surface area contributed by atoms with Crippen LogP contribution in [-0.4, -0.2) is 47.4 Å². The molecule has 5 nitrogen and oxygen atoms in total. The van der Waals surface area contributed by atoms with Gasteiger partial charge in [0.25, 0.3) is 0 Å². The standard InChI is InChI=1S/C18H22BN3O2/c19-8-3-4-14-11-22(12-18(14,20)17(23)24)10-13-7-9-21-16-6-2-1-5-15(13)16/h1-2,5-7,9,14H,3-4,8,10-12,20H2,(H,23,24)/t14-,18-/m0/s1. The van der Waals surface area contributed by atoms with Crippen molar-refractivity contribution in [2.75, 3.05) is 13.1 Å². The smallest absolute Gasteiger partial charge is 0.325 e. The molecule has 3 N–H and O–H groups in total. The minimum absolute atomic E-state index is 0.0772. The Morgan fingerprint density at radius 1 is 1.42 bits per heavy atom. The molecule has 2 aromatic rings. The highest BCUT2D eigenvalue weighted by Gasteiger charge is 2.48. The third-order valence-corrected chi connectivity index (χ3v) is 4.98. The highest BCUT2D eigenvalue weighted by molar-refractivity contribution is 6.08. The molecule has 0 spiro atoms. The maximum Gasteiger partial charge on any atom is 0.325 e. The number of carboxylic acid groups (broad SMARTS) is 1. The molecule has 1 aliphatic heterocycles. The number of nitrogens with two attached hydrogens (primary N) is 1. The van der Waals surface area contributed by atoms with Crippen molar-refractivity contribution in [3.8, 4) is 0 Å². The first kappa shape index (κ1) is 16.9. The molecule has 1 saturated heterocycles. The van der Waals surface area contributed by atoms with Gasteiger partial charge in [-0.1, -0.05) is 30.9 Å². The third kappa shape index (κ3) is 3.16. The van der Waals surface area contributed by atoms with Crippen molar-refractivity contribution in [2.24, 2.45) is 11.7 Å². The summed E-state index contributed by atoms with van der Waals surface area (Å²) in [5, 5.41) is 10.7. The molecule has 1 aromatic carbocycles. The van der Waals surface area contributed by atoms with E-state index in [9.17, 15) is 9.90 Å². The van der Waals surface area contributed by atoms with Gasteiger partial charge in [-0.15, -0.1) is 0 Å². The van der Waals surface area contributed by atoms with E-state index < -0.39 is 11.5 Å². The van der Waals surface area contributed by atoms with E-state index in [4.69, 9.17) is 13.6 Å². The second-order valence-corrected chi connectivity index (χ2v) is 6.63. The molecule has 0 bridgehead atoms. The van der Waals surface area contributed by atoms with Gasteiger partial charge in [0.2, 0.25) is 0 Å². The lowest BCUT2D eigenvalue weighted by molar-refractivity contribution is -0.144. The van der Waals surface area contributed by atoms with Crippen molar-refractivity contribution < 1.29 is 9.90 Å². The number of para-hydroxylation sites is 1. The number of nitrogens with zero attached hydrogens (tertiary/aromatic N) is 2. The van der Waals surface area contributed by atoms with Crippen molar-refractivity contribution >= 4 is 24.7 Å². The Hall–Kier alpha value is -1.92. The van der Waals surface area contributed by atoms with Crippen LogP contribution in [0.3, 0.4) is 0 Å². The number of aromatic nitrogens is 1. The fraction of sp³-hybridized carbons (Fsp3) is 0.444. The van der Waals surface area contributed by atoms with E-state index in [0.717, 1.165) is 29.3 Å². The molecule has 2 heterocycles. The van der Waals surface area contributed by atoms with E-state index in [1.54, 1.807) is 6.20 Å². The van der Waals surface area contributed by atoms with Gasteiger partial charge >= 0.3 is 5.97 Å². The van der Waals surface area contributed by atoms with Crippen LogP contribution in [0.5, 0.6) is 0 Å². The molecule has 3 rings (SSSR count). The second-order valence-electron chi connectivity index (χ2n) is 6.63. The quantitative estimate of drug-likeness (QED) is 0.793. The van der Waals surface area contributed by atoms with Crippen molar-refractivity contribution in [3.63, 3.8) is 0 Å². The second kappa shape index (κ2) is 6.91. The largest absolute Gasteiger partial charge is 0.480 e. The Morgan fingerprint density at radius 3 is 2.96 bits per heavy atom. The molecule has 0 unspecified atom stereocenters. The number of aliphatic carboxylic acids is 1. The number of hydrogen-bond acceptors (Lipinski definition) is 4. The van der Waals surface area contributed by atoms with Crippen LogP contribution in [0.2, 0.25) is 6.32 Å². The van der Waals surface area contributed by atoms with Crippen LogP contribution in [0, 0.1) is 5.92 Å². The van der Waals surface area contributed by atoms with Gasteiger partial charge in [-0.25, -0.2) is 0 Å². The summed E-state index contributed by atoms with van der Waals surface area (Å²) in [5.41, 5.74) is 7.15. The number of benzene rings is 1. The SMILES string of the molecule is [B]CCC[C@H]1CN(Cc2ccnc3ccccc23)C[C@@]1(N)C(=O)O. The van der Waals surface area contributed by atoms with Gasteiger partial charge < -0.3 is 10.8 Å². The summed E-state index contributed by atoms with van der Waals surface area (Å²) in [6.45, 7) is 1.71. The summed E-state index contributed by atoms with van der Waals surface area (Å²) in [5.74, 6) is -1.00. The molecule has 1 aliphatic rings. The average molecular weight is 323 g/mol. The summed E-state index contributed by atoms with van der Waals surface area (Å²) >= 11 is 0. The van der Waals surface area contributed by atoms with Gasteiger partial charge in [0.05, 0.1) is 13.4 Å². The van der Waals surface area contributed by atoms with Gasteiger partial charge in [0, 0.05) is 37.1 Å². The van der Waals surface area contributed by atoms with Gasteiger partial charge in [0.15, 0.2) is 0 Å². The van der Waals surface area contributed by atoms with Crippen LogP contribution in [0.25, 0.3) is 10.9 Å². The number of hydrogen-bond donors (Lipinski definition) is 2. The Bertz CT molecular complexity index is 734. The predicted octanol–water partition coefficient (Wildman–Crippen LogP) is 1.82. The fourth-order valence-electron chi connectivity index (χ4n) is 3.65. The topological polar surface area (TPSA) is 79.5 Å². The van der Waals surface area contributed by atoms with Crippen LogP contribution in [0.4, 0.5) is 0 Å². The Morgan fingerprint density at radius 2 is 2.21 bits per heavy atom. The van der Waals surface area contributed by atoms with E-state index in [-0.39, 0.29) is 5.92 Å². The van der Waals surface area contributed by atoms with E-state index in [1.807, 2.05) is 30.3 Å². The van der Waals surface area contributed by atoms with Crippen LogP contribution < -0.4 is 5.73 Å². The van der Waals surface area contributed by atoms with Crippen molar-refractivity contribution in [1.82, 2.24) is 9.88 Å². The van der Waals surface area contributed by atoms with E-state index in [2.05, 4.69) is 9.88 Å². The zero-order chi connectivity index (χ0) is 17.2. The minimum Gasteiger partial charge on any atom is -0.480 e. The van der Waals surface area contributed by atoms with Gasteiger partial charge in [-0.2, -0.15) is 0 Å². The number of likely N-dealkylation sites (tertiary alicyclic amines) is 1. The molecule has 1 fully saturated rings. The maximum absolute atomic E-state index is 11.7. The monoisotopic (exact) mass is 323 g/mol. The van der Waals surface area contributed by atoms with Crippen molar-refractivity contribution in [2.45, 2.75) is 31.2 Å². The lowest BCUT2D eigenvalue weighted by Gasteiger charge is -2.25. The summed E-state index contributed by atoms with van der Waals surface area (Å²) < 4.78 is 0. The summed E-state index contributed by atoms with van der Waals surface area (Å²) in [4.78, 5) is 18.2. The molecule has 0 saturated carbocycles. The fourth-order valence-corrected chi connectivity index (χ4v) is 3.65. The molecule has 6 heteroatoms. The lowest BCUT2D eigenvalue weighted by atomic mass is 9.83. The normalized spacial score (nSPS) is 24.5. The van der Waals surface area contributed by atoms with Crippen molar-refractivity contribution in [1.29, 1.82) is 0 Å². The first-order valence-corrected chi connectivity index (χ1v) is 8.32. The lowest BCUT2D eigenvalue weighted by Crippen LogP contribution is -2.54. The summed E-state index contributed by atoms with van der Waals surface area (Å²) in [6, 6.07) is 9.98. The summed E-state index contributed by atoms with van der Waals surface area (Å²) in [6.07, 6.45) is 3.89. The van der Waals surface area contributed by atoms with E-state index in [1.165, 1.54) is 0 Å². The first-order valence-electron chi connectivity index (χ1n) is 8.32. The predicted molar refractivity (Wildman–Crippen MR) is 94.9 cm³/mol. The van der Waals surface area contributed by atoms with Crippen LogP contribution >= 0.6 is 0 Å². The van der Waals surface area contributed by atoms with Gasteiger partial charge in [0.1, 0.15) is 5.54 Å². The Kier molecular flexibility index (Phi) is 4.87. The number of carboxylic acids is 1. The Labute approximate surface area is 143 Å². The molecule has 1 aromatic heterocycles. The highest BCUT2D eigenvalue weighted by atomic mass is 16.4. The minimum atomic E-state index is -1.20. The zero-order valence-corrected chi connectivity index (χ0v) is 13.7. The van der Waals surface area contributed by atoms with E-state index in [0.29, 0.717) is 26.0 Å². The first-order chi connectivity index (χ1) is 11.5. The van der Waals surface area contributed by atoms with Gasteiger partial charge in [-0.05, 0) is 24.1 Å². The average Bonchev–Trinajstić information content (AvgIpc) is 2.90. The zero-order valence-electron chi connectivity index (χ0n) is 13.7. The number of rotatable bonds is 6. The van der Waals surface area contributed by atoms with Crippen LogP contribution in [-0.2, 0) is 11.3 Å². The Balaban J connectivity index is 1.81. The molecule has 0 aliphatic carbocycles. The molecule has 124 valence electrons. The van der Waals surface area contributed by atoms with Gasteiger partial charge in [-0.3, -0.25) is 14.7 Å². The molecule has 24 heavy (non-hydrogen) atoms. The molecule has 0 amide bonds. The van der Waals surface area contributed by atoms with E-state index >= 15 is 0 Å². The molecule has 2 atom stereocenters. The summed E-state index contributed by atoms with van der Waals surface area (Å²) in [7, 11) is 5.58. The number of carbonyl (C=O) groups is 1. The van der Waals surface area contributed by atoms with Crippen LogP contribution in [0.15, 0.2) is 36.5 Å². The molecule has 2 radical (unpaired) electrons. The van der Waals surface area contributed by atoms with Crippen LogP contribution in [0.1, 0.15) is 18.4 Å². The number of pyridine rings is 1. The molecular weight excluding hydrogens is 301 g/mol. The van der Waals surface area contributed by atoms with Crippen molar-refractivity contribution in [3.05, 3.63) is 42.1 Å². The maximum atomic E-state index is 11.7. The molecular formula is C18H22BN3O2. The highest BCUT2D eigenvalue weighted by Crippen LogP contribution is 2.32. The third-order valence-electron chi connectivity index (χ3n) is 4.98.